The van der Waals surface area contributed by atoms with E-state index in [0.717, 1.165) is 5.56 Å². The zero-order valence-corrected chi connectivity index (χ0v) is 14.9. The van der Waals surface area contributed by atoms with E-state index in [0.29, 0.717) is 32.2 Å². The van der Waals surface area contributed by atoms with Gasteiger partial charge in [-0.3, -0.25) is 4.79 Å². The summed E-state index contributed by atoms with van der Waals surface area (Å²) in [5.41, 5.74) is 0.895. The molecular formula is C15H22N2O5S2. The van der Waals surface area contributed by atoms with Crippen molar-refractivity contribution in [3.8, 4) is 0 Å². The summed E-state index contributed by atoms with van der Waals surface area (Å²) in [5, 5.41) is 7.84. The maximum Gasteiger partial charge on any atom is 0.238 e. The number of nitrogens with two attached hydrogens (primary N) is 1. The van der Waals surface area contributed by atoms with E-state index in [1.54, 1.807) is 12.1 Å². The first-order valence-electron chi connectivity index (χ1n) is 7.74. The molecule has 1 aromatic carbocycles. The lowest BCUT2D eigenvalue weighted by atomic mass is 9.98. The van der Waals surface area contributed by atoms with Crippen LogP contribution in [0.3, 0.4) is 0 Å². The molecule has 0 atom stereocenters. The van der Waals surface area contributed by atoms with Gasteiger partial charge in [0.1, 0.15) is 9.84 Å². The first-order chi connectivity index (χ1) is 11.2. The molecule has 9 heteroatoms. The molecule has 1 amide bonds. The van der Waals surface area contributed by atoms with Crippen LogP contribution < -0.4 is 10.5 Å². The number of benzene rings is 1. The standard InChI is InChI=1S/C15H22N2O5S2/c16-24(21,22)14-3-1-12(2-4-14)5-8-17-15(18)11-13-6-9-23(19,20)10-7-13/h1-4,13H,5-11H2,(H,17,18)(H2,16,21,22). The number of rotatable bonds is 6. The number of carbonyl (C=O) groups excluding carboxylic acids is 1. The van der Waals surface area contributed by atoms with E-state index in [4.69, 9.17) is 5.14 Å². The molecule has 1 heterocycles. The SMILES string of the molecule is NS(=O)(=O)c1ccc(CCNC(=O)CC2CCS(=O)(=O)CC2)cc1. The Kier molecular flexibility index (Phi) is 6.00. The Labute approximate surface area is 142 Å². The van der Waals surface area contributed by atoms with Gasteiger partial charge in [0.15, 0.2) is 0 Å². The van der Waals surface area contributed by atoms with Crippen LogP contribution in [0.25, 0.3) is 0 Å². The lowest BCUT2D eigenvalue weighted by Gasteiger charge is -2.21. The molecule has 1 saturated heterocycles. The molecule has 7 nitrogen and oxygen atoms in total. The average Bonchev–Trinajstić information content (AvgIpc) is 2.49. The summed E-state index contributed by atoms with van der Waals surface area (Å²) in [6.07, 6.45) is 2.02. The minimum Gasteiger partial charge on any atom is -0.356 e. The first-order valence-corrected chi connectivity index (χ1v) is 11.1. The van der Waals surface area contributed by atoms with E-state index in [1.165, 1.54) is 12.1 Å². The van der Waals surface area contributed by atoms with Crippen molar-refractivity contribution in [2.45, 2.75) is 30.6 Å². The summed E-state index contributed by atoms with van der Waals surface area (Å²) in [6, 6.07) is 6.21. The van der Waals surface area contributed by atoms with Crippen LogP contribution in [0.15, 0.2) is 29.2 Å². The molecule has 1 aromatic rings. The third-order valence-corrected chi connectivity index (χ3v) is 6.78. The molecule has 0 saturated carbocycles. The van der Waals surface area contributed by atoms with Gasteiger partial charge >= 0.3 is 0 Å². The Hall–Kier alpha value is -1.45. The van der Waals surface area contributed by atoms with Crippen LogP contribution in [-0.2, 0) is 31.1 Å². The number of primary sulfonamides is 1. The second-order valence-corrected chi connectivity index (χ2v) is 9.95. The second-order valence-electron chi connectivity index (χ2n) is 6.09. The van der Waals surface area contributed by atoms with Gasteiger partial charge in [-0.1, -0.05) is 12.1 Å². The number of hydrogen-bond acceptors (Lipinski definition) is 5. The largest absolute Gasteiger partial charge is 0.356 e. The number of amides is 1. The third-order valence-electron chi connectivity index (χ3n) is 4.14. The highest BCUT2D eigenvalue weighted by molar-refractivity contribution is 7.91. The molecule has 1 aliphatic rings. The van der Waals surface area contributed by atoms with Crippen molar-refractivity contribution in [1.82, 2.24) is 5.32 Å². The molecule has 2 rings (SSSR count). The molecule has 0 aliphatic carbocycles. The lowest BCUT2D eigenvalue weighted by molar-refractivity contribution is -0.122. The summed E-state index contributed by atoms with van der Waals surface area (Å²) in [5.74, 6) is 0.380. The summed E-state index contributed by atoms with van der Waals surface area (Å²) in [6.45, 7) is 0.443. The van der Waals surface area contributed by atoms with E-state index in [1.807, 2.05) is 0 Å². The van der Waals surface area contributed by atoms with Crippen molar-refractivity contribution in [2.75, 3.05) is 18.1 Å². The summed E-state index contributed by atoms with van der Waals surface area (Å²) < 4.78 is 45.0. The van der Waals surface area contributed by atoms with Gasteiger partial charge < -0.3 is 5.32 Å². The normalized spacial score (nSPS) is 18.2. The maximum atomic E-state index is 11.9. The van der Waals surface area contributed by atoms with E-state index >= 15 is 0 Å². The number of nitrogens with one attached hydrogen (secondary N) is 1. The fraction of sp³-hybridized carbons (Fsp3) is 0.533. The lowest BCUT2D eigenvalue weighted by Crippen LogP contribution is -2.31. The summed E-state index contributed by atoms with van der Waals surface area (Å²) in [4.78, 5) is 11.9. The fourth-order valence-corrected chi connectivity index (χ4v) is 4.77. The molecule has 3 N–H and O–H groups in total. The summed E-state index contributed by atoms with van der Waals surface area (Å²) >= 11 is 0. The Bertz CT molecular complexity index is 772. The predicted octanol–water partition coefficient (Wildman–Crippen LogP) is 0.208. The highest BCUT2D eigenvalue weighted by Gasteiger charge is 2.25. The number of hydrogen-bond donors (Lipinski definition) is 2. The van der Waals surface area contributed by atoms with Gasteiger partial charge in [0.25, 0.3) is 0 Å². The van der Waals surface area contributed by atoms with Gasteiger partial charge in [-0.2, -0.15) is 0 Å². The van der Waals surface area contributed by atoms with E-state index in [-0.39, 0.29) is 28.2 Å². The molecule has 0 bridgehead atoms. The van der Waals surface area contributed by atoms with Crippen LogP contribution in [0, 0.1) is 5.92 Å². The monoisotopic (exact) mass is 374 g/mol. The van der Waals surface area contributed by atoms with Crippen molar-refractivity contribution in [2.24, 2.45) is 11.1 Å². The molecular weight excluding hydrogens is 352 g/mol. The average molecular weight is 374 g/mol. The topological polar surface area (TPSA) is 123 Å². The number of carbonyl (C=O) groups is 1. The summed E-state index contributed by atoms with van der Waals surface area (Å²) in [7, 11) is -6.59. The predicted molar refractivity (Wildman–Crippen MR) is 90.5 cm³/mol. The second kappa shape index (κ2) is 7.62. The van der Waals surface area contributed by atoms with Gasteiger partial charge in [0, 0.05) is 13.0 Å². The van der Waals surface area contributed by atoms with Crippen LogP contribution >= 0.6 is 0 Å². The van der Waals surface area contributed by atoms with Crippen molar-refractivity contribution < 1.29 is 21.6 Å². The molecule has 0 unspecified atom stereocenters. The number of sulfone groups is 1. The molecule has 0 spiro atoms. The Morgan fingerprint density at radius 2 is 1.75 bits per heavy atom. The Morgan fingerprint density at radius 3 is 2.29 bits per heavy atom. The molecule has 24 heavy (non-hydrogen) atoms. The highest BCUT2D eigenvalue weighted by atomic mass is 32.2. The van der Waals surface area contributed by atoms with Gasteiger partial charge in [-0.15, -0.1) is 0 Å². The third kappa shape index (κ3) is 5.88. The molecule has 134 valence electrons. The van der Waals surface area contributed by atoms with Crippen LogP contribution in [0.4, 0.5) is 0 Å². The highest BCUT2D eigenvalue weighted by Crippen LogP contribution is 2.21. The van der Waals surface area contributed by atoms with Gasteiger partial charge in [-0.25, -0.2) is 22.0 Å². The van der Waals surface area contributed by atoms with Crippen LogP contribution in [-0.4, -0.2) is 40.8 Å². The zero-order chi connectivity index (χ0) is 17.8. The Morgan fingerprint density at radius 1 is 1.17 bits per heavy atom. The first kappa shape index (κ1) is 18.9. The van der Waals surface area contributed by atoms with Crippen molar-refractivity contribution in [3.63, 3.8) is 0 Å². The van der Waals surface area contributed by atoms with Crippen LogP contribution in [0.5, 0.6) is 0 Å². The maximum absolute atomic E-state index is 11.9. The van der Waals surface area contributed by atoms with Gasteiger partial charge in [0.2, 0.25) is 15.9 Å². The molecule has 0 aromatic heterocycles. The quantitative estimate of drug-likeness (QED) is 0.736. The molecule has 1 aliphatic heterocycles. The van der Waals surface area contributed by atoms with Crippen LogP contribution in [0.1, 0.15) is 24.8 Å². The molecule has 1 fully saturated rings. The van der Waals surface area contributed by atoms with E-state index in [9.17, 15) is 21.6 Å². The van der Waals surface area contributed by atoms with E-state index < -0.39 is 19.9 Å². The number of sulfonamides is 1. The fourth-order valence-electron chi connectivity index (χ4n) is 2.67. The van der Waals surface area contributed by atoms with Gasteiger partial charge in [-0.05, 0) is 42.9 Å². The van der Waals surface area contributed by atoms with Gasteiger partial charge in [0.05, 0.1) is 16.4 Å². The van der Waals surface area contributed by atoms with Crippen molar-refractivity contribution in [1.29, 1.82) is 0 Å². The minimum atomic E-state index is -3.69. The van der Waals surface area contributed by atoms with Crippen molar-refractivity contribution >= 4 is 25.8 Å². The smallest absolute Gasteiger partial charge is 0.238 e. The van der Waals surface area contributed by atoms with E-state index in [2.05, 4.69) is 5.32 Å². The zero-order valence-electron chi connectivity index (χ0n) is 13.3. The van der Waals surface area contributed by atoms with Crippen LogP contribution in [0.2, 0.25) is 0 Å². The Balaban J connectivity index is 1.73. The molecule has 0 radical (unpaired) electrons. The van der Waals surface area contributed by atoms with Crippen molar-refractivity contribution in [3.05, 3.63) is 29.8 Å². The minimum absolute atomic E-state index is 0.0579.